The number of amides is 1. The van der Waals surface area contributed by atoms with Gasteiger partial charge in [-0.3, -0.25) is 4.79 Å². The van der Waals surface area contributed by atoms with Crippen LogP contribution in [0.1, 0.15) is 81.8 Å². The molecular formula is C38H44F3NO7. The van der Waals surface area contributed by atoms with Crippen molar-refractivity contribution in [3.63, 3.8) is 0 Å². The van der Waals surface area contributed by atoms with Crippen molar-refractivity contribution in [3.05, 3.63) is 77.8 Å². The van der Waals surface area contributed by atoms with E-state index in [1.165, 1.54) is 35.4 Å². The number of allylic oxidation sites excluding steroid dienone is 4. The Bertz CT molecular complexity index is 1670. The summed E-state index contributed by atoms with van der Waals surface area (Å²) in [6, 6.07) is 8.69. The molecule has 8 nitrogen and oxygen atoms in total. The van der Waals surface area contributed by atoms with Crippen LogP contribution in [0.2, 0.25) is 0 Å². The third kappa shape index (κ3) is 5.08. The Hall–Kier alpha value is -3.57. The molecule has 1 amide bonds. The van der Waals surface area contributed by atoms with E-state index in [9.17, 15) is 33.0 Å². The lowest BCUT2D eigenvalue weighted by atomic mass is 9.32. The number of aliphatic hydroxyl groups is 2. The molecule has 0 radical (unpaired) electrons. The van der Waals surface area contributed by atoms with Gasteiger partial charge in [-0.1, -0.05) is 44.2 Å². The summed E-state index contributed by atoms with van der Waals surface area (Å²) in [5, 5.41) is 23.6. The molecule has 1 aromatic heterocycles. The highest BCUT2D eigenvalue weighted by atomic mass is 19.4. The van der Waals surface area contributed by atoms with E-state index in [2.05, 4.69) is 36.8 Å². The van der Waals surface area contributed by atoms with Crippen molar-refractivity contribution in [1.29, 1.82) is 0 Å². The summed E-state index contributed by atoms with van der Waals surface area (Å²) in [6.07, 6.45) is 6.61. The maximum atomic E-state index is 14.4. The lowest BCUT2D eigenvalue weighted by Crippen LogP contribution is -2.67. The zero-order chi connectivity index (χ0) is 35.0. The molecule has 264 valence electrons. The van der Waals surface area contributed by atoms with Gasteiger partial charge in [-0.2, -0.15) is 0 Å². The molecule has 2 N–H and O–H groups in total. The molecule has 2 spiro atoms. The number of ether oxygens (including phenoxy) is 2. The van der Waals surface area contributed by atoms with E-state index in [4.69, 9.17) is 9.15 Å². The van der Waals surface area contributed by atoms with Crippen molar-refractivity contribution < 1.29 is 46.9 Å². The minimum Gasteiger partial charge on any atom is -0.461 e. The third-order valence-corrected chi connectivity index (χ3v) is 13.2. The molecule has 49 heavy (non-hydrogen) atoms. The van der Waals surface area contributed by atoms with Gasteiger partial charge in [0, 0.05) is 28.4 Å². The van der Waals surface area contributed by atoms with Gasteiger partial charge in [0.25, 0.3) is 0 Å². The molecule has 1 heterocycles. The largest absolute Gasteiger partial charge is 0.573 e. The molecule has 3 fully saturated rings. The number of alkyl halides is 3. The number of hydrogen-bond acceptors (Lipinski definition) is 7. The Balaban J connectivity index is 1.24. The first-order valence-electron chi connectivity index (χ1n) is 17.3. The average Bonchev–Trinajstić information content (AvgIpc) is 3.67. The summed E-state index contributed by atoms with van der Waals surface area (Å²) in [7, 11) is 0. The van der Waals surface area contributed by atoms with E-state index in [1.54, 1.807) is 19.1 Å². The summed E-state index contributed by atoms with van der Waals surface area (Å²) < 4.78 is 53.3. The second kappa shape index (κ2) is 11.5. The van der Waals surface area contributed by atoms with Crippen LogP contribution in [-0.4, -0.2) is 58.2 Å². The zero-order valence-electron chi connectivity index (χ0n) is 28.1. The summed E-state index contributed by atoms with van der Waals surface area (Å²) in [5.74, 6) is -0.335. The lowest BCUT2D eigenvalue weighted by Gasteiger charge is -2.71. The van der Waals surface area contributed by atoms with E-state index in [1.807, 2.05) is 0 Å². The molecule has 6 aliphatic carbocycles. The zero-order valence-corrected chi connectivity index (χ0v) is 28.1. The number of benzene rings is 1. The molecule has 2 bridgehead atoms. The number of aliphatic hydroxyl groups excluding tert-OH is 1. The van der Waals surface area contributed by atoms with Crippen molar-refractivity contribution in [2.75, 3.05) is 13.2 Å². The van der Waals surface area contributed by atoms with Crippen molar-refractivity contribution in [3.8, 4) is 5.75 Å². The first-order chi connectivity index (χ1) is 23.1. The quantitative estimate of drug-likeness (QED) is 0.218. The van der Waals surface area contributed by atoms with Gasteiger partial charge in [0.15, 0.2) is 5.76 Å². The van der Waals surface area contributed by atoms with Crippen molar-refractivity contribution in [2.45, 2.75) is 90.3 Å². The van der Waals surface area contributed by atoms with Gasteiger partial charge in [-0.15, -0.1) is 13.2 Å². The topological polar surface area (TPSA) is 109 Å². The fourth-order valence-corrected chi connectivity index (χ4v) is 10.9. The van der Waals surface area contributed by atoms with E-state index >= 15 is 0 Å². The predicted molar refractivity (Wildman–Crippen MR) is 172 cm³/mol. The van der Waals surface area contributed by atoms with Gasteiger partial charge < -0.3 is 29.0 Å². The highest BCUT2D eigenvalue weighted by molar-refractivity contribution is 6.08. The van der Waals surface area contributed by atoms with Crippen LogP contribution in [0.3, 0.4) is 0 Å². The molecule has 3 saturated carbocycles. The number of Topliss-reactive ketones (excluding diaryl/α,β-unsaturated/α-hetero) is 1. The van der Waals surface area contributed by atoms with Gasteiger partial charge in [-0.25, -0.2) is 4.79 Å². The molecule has 6 aliphatic rings. The van der Waals surface area contributed by atoms with E-state index in [-0.39, 0.29) is 54.2 Å². The first-order valence-corrected chi connectivity index (χ1v) is 17.3. The minimum atomic E-state index is -4.82. The number of carbonyl (C=O) groups is 2. The molecule has 2 aromatic rings. The highest BCUT2D eigenvalue weighted by Crippen LogP contribution is 2.78. The maximum absolute atomic E-state index is 14.4. The molecule has 8 atom stereocenters. The van der Waals surface area contributed by atoms with Crippen LogP contribution in [0.4, 0.5) is 18.0 Å². The Morgan fingerprint density at radius 3 is 2.37 bits per heavy atom. The summed E-state index contributed by atoms with van der Waals surface area (Å²) in [5.41, 5.74) is -2.21. The Morgan fingerprint density at radius 2 is 1.69 bits per heavy atom. The molecule has 8 rings (SSSR count). The van der Waals surface area contributed by atoms with Gasteiger partial charge >= 0.3 is 12.5 Å². The second-order valence-electron chi connectivity index (χ2n) is 15.4. The van der Waals surface area contributed by atoms with Crippen molar-refractivity contribution in [1.82, 2.24) is 4.90 Å². The van der Waals surface area contributed by atoms with Crippen LogP contribution in [0, 0.1) is 33.5 Å². The fourth-order valence-electron chi connectivity index (χ4n) is 10.9. The fraction of sp³-hybridized carbons (Fsp3) is 0.579. The number of rotatable bonds is 8. The van der Waals surface area contributed by atoms with Crippen LogP contribution in [-0.2, 0) is 11.3 Å². The summed E-state index contributed by atoms with van der Waals surface area (Å²) >= 11 is 0. The van der Waals surface area contributed by atoms with Crippen LogP contribution in [0.15, 0.2) is 70.9 Å². The first kappa shape index (κ1) is 33.9. The molecule has 8 unspecified atom stereocenters. The summed E-state index contributed by atoms with van der Waals surface area (Å²) in [4.78, 5) is 29.2. The number of halogens is 3. The second-order valence-corrected chi connectivity index (χ2v) is 15.4. The van der Waals surface area contributed by atoms with Crippen LogP contribution < -0.4 is 4.74 Å². The number of ketones is 1. The molecule has 11 heteroatoms. The lowest BCUT2D eigenvalue weighted by molar-refractivity contribution is -0.274. The van der Waals surface area contributed by atoms with Crippen LogP contribution >= 0.6 is 0 Å². The van der Waals surface area contributed by atoms with E-state index in [0.29, 0.717) is 43.2 Å². The van der Waals surface area contributed by atoms with E-state index in [0.717, 1.165) is 12.8 Å². The minimum absolute atomic E-state index is 0.00685. The van der Waals surface area contributed by atoms with Crippen molar-refractivity contribution >= 4 is 11.9 Å². The average molecular weight is 684 g/mol. The third-order valence-electron chi connectivity index (χ3n) is 13.2. The standard InChI is InChI=1S/C38H44F3NO7/c1-4-47-32(45)42(22-24-7-9-26(10-8-24)49-38(39,40)41)23-36(46)16-13-30-34(36,3)15-12-29-33(2)14-11-25(43)20-35(33)17-18-37(29,30)27(21-35)31(44)28-6-5-19-48-28/h5-10,17-19,21,25,29-30,43,46H,4,11-16,20,22-23H2,1-3H3. The van der Waals surface area contributed by atoms with Crippen molar-refractivity contribution in [2.24, 2.45) is 33.5 Å². The Morgan fingerprint density at radius 1 is 1.00 bits per heavy atom. The smallest absolute Gasteiger partial charge is 0.461 e. The normalized spacial score (nSPS) is 37.5. The van der Waals surface area contributed by atoms with Gasteiger partial charge in [0.2, 0.25) is 5.78 Å². The maximum Gasteiger partial charge on any atom is 0.573 e. The predicted octanol–water partition coefficient (Wildman–Crippen LogP) is 7.61. The van der Waals surface area contributed by atoms with E-state index < -0.39 is 40.4 Å². The molecule has 1 aromatic carbocycles. The monoisotopic (exact) mass is 683 g/mol. The SMILES string of the molecule is CCOC(=O)N(Cc1ccc(OC(F)(F)F)cc1)CC1(O)CCC2C34C=CC5(C=C3C(=O)c3ccco3)CC(O)CCC5(C)C4CCC21C. The van der Waals surface area contributed by atoms with Gasteiger partial charge in [0.1, 0.15) is 5.75 Å². The number of carbonyl (C=O) groups excluding carboxylic acids is 2. The van der Waals surface area contributed by atoms with Gasteiger partial charge in [-0.05, 0) is 98.9 Å². The molecular weight excluding hydrogens is 639 g/mol. The highest BCUT2D eigenvalue weighted by Gasteiger charge is 2.74. The Labute approximate surface area is 283 Å². The van der Waals surface area contributed by atoms with Crippen LogP contribution in [0.25, 0.3) is 0 Å². The number of fused-ring (bicyclic) bond motifs is 1. The molecule has 0 aliphatic heterocycles. The number of nitrogens with zero attached hydrogens (tertiary/aromatic N) is 1. The van der Waals surface area contributed by atoms with Crippen LogP contribution in [0.5, 0.6) is 5.75 Å². The number of furan rings is 1. The summed E-state index contributed by atoms with van der Waals surface area (Å²) in [6.45, 7) is 6.14. The number of hydrogen-bond donors (Lipinski definition) is 2. The molecule has 0 saturated heterocycles. The Kier molecular flexibility index (Phi) is 7.95. The van der Waals surface area contributed by atoms with Gasteiger partial charge in [0.05, 0.1) is 31.1 Å².